The first-order chi connectivity index (χ1) is 8.75. The number of thiophene rings is 1. The zero-order chi connectivity index (χ0) is 12.5. The summed E-state index contributed by atoms with van der Waals surface area (Å²) in [5.41, 5.74) is 3.63. The SMILES string of the molecule is CN1C(=O)CC(c2ccccc2)=Nc2cscc21. The molecule has 0 aliphatic carbocycles. The molecule has 0 atom stereocenters. The number of rotatable bonds is 1. The van der Waals surface area contributed by atoms with Crippen molar-refractivity contribution in [3.63, 3.8) is 0 Å². The van der Waals surface area contributed by atoms with Crippen molar-refractivity contribution in [2.75, 3.05) is 11.9 Å². The van der Waals surface area contributed by atoms with Crippen LogP contribution in [0, 0.1) is 0 Å². The third-order valence-electron chi connectivity index (χ3n) is 3.04. The molecule has 0 N–H and O–H groups in total. The summed E-state index contributed by atoms with van der Waals surface area (Å²) >= 11 is 1.57. The van der Waals surface area contributed by atoms with Gasteiger partial charge >= 0.3 is 0 Å². The van der Waals surface area contributed by atoms with Crippen LogP contribution in [-0.2, 0) is 4.79 Å². The molecule has 3 rings (SSSR count). The van der Waals surface area contributed by atoms with Crippen molar-refractivity contribution >= 4 is 34.3 Å². The molecule has 2 heterocycles. The number of anilines is 1. The average Bonchev–Trinajstić information content (AvgIpc) is 2.82. The van der Waals surface area contributed by atoms with Gasteiger partial charge < -0.3 is 4.90 Å². The summed E-state index contributed by atoms with van der Waals surface area (Å²) in [6, 6.07) is 9.87. The molecule has 1 amide bonds. The maximum absolute atomic E-state index is 12.1. The van der Waals surface area contributed by atoms with E-state index in [0.717, 1.165) is 22.6 Å². The average molecular weight is 256 g/mol. The van der Waals surface area contributed by atoms with Gasteiger partial charge in [-0.1, -0.05) is 30.3 Å². The van der Waals surface area contributed by atoms with Crippen LogP contribution < -0.4 is 4.90 Å². The van der Waals surface area contributed by atoms with Gasteiger partial charge in [-0.15, -0.1) is 11.3 Å². The van der Waals surface area contributed by atoms with E-state index in [1.807, 2.05) is 41.1 Å². The Labute approximate surface area is 109 Å². The van der Waals surface area contributed by atoms with Crippen LogP contribution >= 0.6 is 11.3 Å². The highest BCUT2D eigenvalue weighted by atomic mass is 32.1. The minimum Gasteiger partial charge on any atom is -0.312 e. The van der Waals surface area contributed by atoms with Gasteiger partial charge in [-0.2, -0.15) is 0 Å². The standard InChI is InChI=1S/C14H12N2OS/c1-16-13-9-18-8-12(13)15-11(7-14(16)17)10-5-3-2-4-6-10/h2-6,8-9H,7H2,1H3. The van der Waals surface area contributed by atoms with Gasteiger partial charge in [0.15, 0.2) is 0 Å². The lowest BCUT2D eigenvalue weighted by Crippen LogP contribution is -2.26. The second-order valence-corrected chi connectivity index (χ2v) is 4.94. The summed E-state index contributed by atoms with van der Waals surface area (Å²) in [5.74, 6) is 0.0785. The third kappa shape index (κ3) is 1.84. The van der Waals surface area contributed by atoms with Crippen LogP contribution in [0.4, 0.5) is 11.4 Å². The molecule has 0 saturated carbocycles. The number of amides is 1. The first-order valence-corrected chi connectivity index (χ1v) is 6.66. The molecule has 0 saturated heterocycles. The van der Waals surface area contributed by atoms with E-state index < -0.39 is 0 Å². The molecule has 0 radical (unpaired) electrons. The number of fused-ring (bicyclic) bond motifs is 1. The van der Waals surface area contributed by atoms with Crippen molar-refractivity contribution < 1.29 is 4.79 Å². The number of nitrogens with zero attached hydrogens (tertiary/aromatic N) is 2. The number of carbonyl (C=O) groups is 1. The molecule has 1 aromatic carbocycles. The van der Waals surface area contributed by atoms with E-state index in [0.29, 0.717) is 6.42 Å². The van der Waals surface area contributed by atoms with Crippen molar-refractivity contribution in [2.45, 2.75) is 6.42 Å². The summed E-state index contributed by atoms with van der Waals surface area (Å²) in [4.78, 5) is 18.4. The van der Waals surface area contributed by atoms with E-state index in [1.54, 1.807) is 23.3 Å². The van der Waals surface area contributed by atoms with Crippen LogP contribution in [0.15, 0.2) is 46.1 Å². The zero-order valence-corrected chi connectivity index (χ0v) is 10.8. The van der Waals surface area contributed by atoms with Crippen LogP contribution in [0.2, 0.25) is 0 Å². The van der Waals surface area contributed by atoms with Gasteiger partial charge in [0.2, 0.25) is 5.91 Å². The van der Waals surface area contributed by atoms with E-state index in [2.05, 4.69) is 4.99 Å². The second kappa shape index (κ2) is 4.38. The van der Waals surface area contributed by atoms with E-state index in [9.17, 15) is 4.79 Å². The highest BCUT2D eigenvalue weighted by Crippen LogP contribution is 2.35. The Morgan fingerprint density at radius 2 is 2.00 bits per heavy atom. The fourth-order valence-corrected chi connectivity index (χ4v) is 2.77. The molecule has 0 spiro atoms. The second-order valence-electron chi connectivity index (χ2n) is 4.20. The largest absolute Gasteiger partial charge is 0.312 e. The maximum atomic E-state index is 12.1. The number of aliphatic imine (C=N–C) groups is 1. The maximum Gasteiger partial charge on any atom is 0.232 e. The molecular weight excluding hydrogens is 244 g/mol. The Hall–Kier alpha value is -1.94. The third-order valence-corrected chi connectivity index (χ3v) is 3.76. The summed E-state index contributed by atoms with van der Waals surface area (Å²) in [7, 11) is 1.80. The molecule has 1 aliphatic heterocycles. The fourth-order valence-electron chi connectivity index (χ4n) is 2.00. The summed E-state index contributed by atoms with van der Waals surface area (Å²) in [6.45, 7) is 0. The molecule has 4 heteroatoms. The van der Waals surface area contributed by atoms with Crippen LogP contribution in [0.5, 0.6) is 0 Å². The van der Waals surface area contributed by atoms with Crippen molar-refractivity contribution in [2.24, 2.45) is 4.99 Å². The monoisotopic (exact) mass is 256 g/mol. The molecule has 1 aliphatic rings. The molecule has 0 unspecified atom stereocenters. The number of carbonyl (C=O) groups excluding carboxylic acids is 1. The predicted octanol–water partition coefficient (Wildman–Crippen LogP) is 3.24. The van der Waals surface area contributed by atoms with E-state index in [4.69, 9.17) is 0 Å². The summed E-state index contributed by atoms with van der Waals surface area (Å²) < 4.78 is 0. The van der Waals surface area contributed by atoms with Crippen LogP contribution in [0.1, 0.15) is 12.0 Å². The Morgan fingerprint density at radius 1 is 1.22 bits per heavy atom. The first kappa shape index (κ1) is 11.2. The van der Waals surface area contributed by atoms with Gasteiger partial charge in [0.05, 0.1) is 23.5 Å². The quantitative estimate of drug-likeness (QED) is 0.771. The van der Waals surface area contributed by atoms with Gasteiger partial charge in [0.1, 0.15) is 0 Å². The van der Waals surface area contributed by atoms with Crippen molar-refractivity contribution in [1.29, 1.82) is 0 Å². The predicted molar refractivity (Wildman–Crippen MR) is 75.0 cm³/mol. The minimum atomic E-state index is 0.0785. The lowest BCUT2D eigenvalue weighted by atomic mass is 10.1. The van der Waals surface area contributed by atoms with E-state index in [-0.39, 0.29) is 5.91 Å². The van der Waals surface area contributed by atoms with Gasteiger partial charge in [-0.25, -0.2) is 4.99 Å². The first-order valence-electron chi connectivity index (χ1n) is 5.71. The molecule has 2 aromatic rings. The van der Waals surface area contributed by atoms with Crippen molar-refractivity contribution in [1.82, 2.24) is 0 Å². The zero-order valence-electron chi connectivity index (χ0n) is 9.96. The fraction of sp³-hybridized carbons (Fsp3) is 0.143. The summed E-state index contributed by atoms with van der Waals surface area (Å²) in [6.07, 6.45) is 0.347. The topological polar surface area (TPSA) is 32.7 Å². The number of hydrogen-bond donors (Lipinski definition) is 0. The van der Waals surface area contributed by atoms with Gasteiger partial charge in [0, 0.05) is 17.8 Å². The Kier molecular flexibility index (Phi) is 2.72. The molecule has 3 nitrogen and oxygen atoms in total. The molecule has 18 heavy (non-hydrogen) atoms. The molecular formula is C14H12N2OS. The van der Waals surface area contributed by atoms with Crippen LogP contribution in [-0.4, -0.2) is 18.7 Å². The Balaban J connectivity index is 2.11. The van der Waals surface area contributed by atoms with Crippen molar-refractivity contribution in [3.8, 4) is 0 Å². The molecule has 0 fully saturated rings. The van der Waals surface area contributed by atoms with E-state index in [1.165, 1.54) is 0 Å². The Bertz CT molecular complexity index is 616. The van der Waals surface area contributed by atoms with Crippen molar-refractivity contribution in [3.05, 3.63) is 46.7 Å². The van der Waals surface area contributed by atoms with Gasteiger partial charge in [0.25, 0.3) is 0 Å². The van der Waals surface area contributed by atoms with E-state index >= 15 is 0 Å². The highest BCUT2D eigenvalue weighted by Gasteiger charge is 2.22. The van der Waals surface area contributed by atoms with Gasteiger partial charge in [-0.05, 0) is 5.56 Å². The minimum absolute atomic E-state index is 0.0785. The summed E-state index contributed by atoms with van der Waals surface area (Å²) in [5, 5.41) is 3.94. The number of benzene rings is 1. The van der Waals surface area contributed by atoms with Gasteiger partial charge in [-0.3, -0.25) is 4.79 Å². The molecule has 90 valence electrons. The smallest absolute Gasteiger partial charge is 0.232 e. The Morgan fingerprint density at radius 3 is 2.78 bits per heavy atom. The lowest BCUT2D eigenvalue weighted by Gasteiger charge is -2.13. The molecule has 1 aromatic heterocycles. The normalized spacial score (nSPS) is 15.1. The lowest BCUT2D eigenvalue weighted by molar-refractivity contribution is -0.117. The van der Waals surface area contributed by atoms with Crippen LogP contribution in [0.25, 0.3) is 0 Å². The molecule has 0 bridgehead atoms. The highest BCUT2D eigenvalue weighted by molar-refractivity contribution is 7.09. The number of hydrogen-bond acceptors (Lipinski definition) is 3. The van der Waals surface area contributed by atoms with Crippen LogP contribution in [0.3, 0.4) is 0 Å².